The third kappa shape index (κ3) is 3.48. The van der Waals surface area contributed by atoms with Crippen LogP contribution in [0.1, 0.15) is 25.7 Å². The number of halogens is 2. The summed E-state index contributed by atoms with van der Waals surface area (Å²) in [7, 11) is -2.77. The molecule has 1 N–H and O–H groups in total. The minimum atomic E-state index is -4.19. The van der Waals surface area contributed by atoms with Crippen LogP contribution < -0.4 is 9.46 Å². The van der Waals surface area contributed by atoms with Gasteiger partial charge in [0.15, 0.2) is 5.82 Å². The van der Waals surface area contributed by atoms with Crippen LogP contribution >= 0.6 is 0 Å². The van der Waals surface area contributed by atoms with E-state index < -0.39 is 32.6 Å². The van der Waals surface area contributed by atoms with E-state index in [1.807, 2.05) is 6.92 Å². The summed E-state index contributed by atoms with van der Waals surface area (Å²) in [5.74, 6) is -1.71. The van der Waals surface area contributed by atoms with Gasteiger partial charge in [-0.05, 0) is 26.0 Å². The maximum atomic E-state index is 13.7. The molecule has 0 unspecified atom stereocenters. The van der Waals surface area contributed by atoms with E-state index >= 15 is 0 Å². The van der Waals surface area contributed by atoms with E-state index in [4.69, 9.17) is 4.74 Å². The Hall–Kier alpha value is -2.07. The van der Waals surface area contributed by atoms with Crippen molar-refractivity contribution in [1.82, 2.24) is 19.5 Å². The Morgan fingerprint density at radius 2 is 2.04 bits per heavy atom. The third-order valence-electron chi connectivity index (χ3n) is 3.15. The Labute approximate surface area is 132 Å². The molecule has 1 atom stereocenters. The van der Waals surface area contributed by atoms with Crippen LogP contribution in [-0.2, 0) is 16.6 Å². The Morgan fingerprint density at radius 1 is 1.35 bits per heavy atom. The molecule has 1 heterocycles. The second-order valence-electron chi connectivity index (χ2n) is 4.71. The van der Waals surface area contributed by atoms with Crippen molar-refractivity contribution >= 4 is 10.0 Å². The van der Waals surface area contributed by atoms with Gasteiger partial charge in [0.05, 0.1) is 13.2 Å². The zero-order chi connectivity index (χ0) is 17.2. The van der Waals surface area contributed by atoms with Gasteiger partial charge in [-0.2, -0.15) is 0 Å². The van der Waals surface area contributed by atoms with Gasteiger partial charge in [0.1, 0.15) is 16.5 Å². The molecular weight excluding hydrogens is 330 g/mol. The summed E-state index contributed by atoms with van der Waals surface area (Å²) in [5, 5.41) is 7.67. The summed E-state index contributed by atoms with van der Waals surface area (Å²) in [5.41, 5.74) is 0. The molecule has 0 bridgehead atoms. The van der Waals surface area contributed by atoms with Crippen LogP contribution in [0.4, 0.5) is 8.78 Å². The predicted octanol–water partition coefficient (Wildman–Crippen LogP) is 1.62. The van der Waals surface area contributed by atoms with Gasteiger partial charge < -0.3 is 4.74 Å². The Bertz CT molecular complexity index is 808. The van der Waals surface area contributed by atoms with Gasteiger partial charge in [0.25, 0.3) is 0 Å². The van der Waals surface area contributed by atoms with Gasteiger partial charge in [0.2, 0.25) is 10.0 Å². The van der Waals surface area contributed by atoms with E-state index in [-0.39, 0.29) is 6.01 Å². The normalized spacial score (nSPS) is 13.1. The molecule has 0 saturated heterocycles. The van der Waals surface area contributed by atoms with Gasteiger partial charge >= 0.3 is 6.01 Å². The molecule has 2 aromatic rings. The minimum Gasteiger partial charge on any atom is -0.467 e. The van der Waals surface area contributed by atoms with Crippen molar-refractivity contribution < 1.29 is 21.9 Å². The number of nitrogens with one attached hydrogen (secondary N) is 1. The molecule has 10 heteroatoms. The molecule has 0 aliphatic heterocycles. The second kappa shape index (κ2) is 6.59. The molecular formula is C13H16F2N4O3S. The quantitative estimate of drug-likeness (QED) is 0.859. The fourth-order valence-electron chi connectivity index (χ4n) is 2.11. The van der Waals surface area contributed by atoms with Crippen molar-refractivity contribution in [2.45, 2.75) is 31.3 Å². The zero-order valence-corrected chi connectivity index (χ0v) is 13.6. The lowest BCUT2D eigenvalue weighted by Crippen LogP contribution is -2.29. The van der Waals surface area contributed by atoms with Crippen LogP contribution in [0.5, 0.6) is 6.01 Å². The number of ether oxygens (including phenoxy) is 1. The highest BCUT2D eigenvalue weighted by atomic mass is 32.2. The number of sulfonamides is 1. The first-order valence-corrected chi connectivity index (χ1v) is 8.23. The molecule has 7 nitrogen and oxygen atoms in total. The predicted molar refractivity (Wildman–Crippen MR) is 77.3 cm³/mol. The highest BCUT2D eigenvalue weighted by Crippen LogP contribution is 2.21. The lowest BCUT2D eigenvalue weighted by atomic mass is 10.3. The van der Waals surface area contributed by atoms with Crippen molar-refractivity contribution in [3.8, 4) is 6.01 Å². The Balaban J connectivity index is 2.32. The smallest absolute Gasteiger partial charge is 0.316 e. The monoisotopic (exact) mass is 346 g/mol. The van der Waals surface area contributed by atoms with Crippen molar-refractivity contribution in [3.63, 3.8) is 0 Å². The van der Waals surface area contributed by atoms with Crippen LogP contribution in [0.25, 0.3) is 0 Å². The summed E-state index contributed by atoms with van der Waals surface area (Å²) in [6, 6.07) is 1.70. The average Bonchev–Trinajstić information content (AvgIpc) is 2.89. The topological polar surface area (TPSA) is 86.1 Å². The van der Waals surface area contributed by atoms with Gasteiger partial charge in [-0.1, -0.05) is 5.10 Å². The van der Waals surface area contributed by atoms with Gasteiger partial charge in [0, 0.05) is 12.6 Å². The van der Waals surface area contributed by atoms with Crippen molar-refractivity contribution in [2.75, 3.05) is 7.11 Å². The number of nitrogens with zero attached hydrogens (tertiary/aromatic N) is 3. The minimum absolute atomic E-state index is 0.238. The van der Waals surface area contributed by atoms with Crippen LogP contribution in [0.15, 0.2) is 23.1 Å². The SMILES string of the molecule is CCn1c(OC)nnc1[C@@H](C)NS(=O)(=O)c1ccc(F)cc1F. The van der Waals surface area contributed by atoms with E-state index in [2.05, 4.69) is 14.9 Å². The largest absolute Gasteiger partial charge is 0.467 e. The molecule has 126 valence electrons. The van der Waals surface area contributed by atoms with Crippen LogP contribution in [0.3, 0.4) is 0 Å². The Morgan fingerprint density at radius 3 is 2.61 bits per heavy atom. The number of hydrogen-bond donors (Lipinski definition) is 1. The van der Waals surface area contributed by atoms with E-state index in [1.165, 1.54) is 14.0 Å². The zero-order valence-electron chi connectivity index (χ0n) is 12.7. The first-order chi connectivity index (χ1) is 10.8. The summed E-state index contributed by atoms with van der Waals surface area (Å²) in [6.07, 6.45) is 0. The lowest BCUT2D eigenvalue weighted by molar-refractivity contribution is 0.354. The molecule has 0 amide bonds. The van der Waals surface area contributed by atoms with E-state index in [1.54, 1.807) is 4.57 Å². The standard InChI is InChI=1S/C13H16F2N4O3S/c1-4-19-12(16-17-13(19)22-3)8(2)18-23(20,21)11-6-5-9(14)7-10(11)15/h5-8,18H,4H2,1-3H3/t8-/m1/s1. The molecule has 0 radical (unpaired) electrons. The number of hydrogen-bond acceptors (Lipinski definition) is 5. The van der Waals surface area contributed by atoms with Gasteiger partial charge in [-0.3, -0.25) is 4.57 Å². The number of benzene rings is 1. The molecule has 23 heavy (non-hydrogen) atoms. The maximum absolute atomic E-state index is 13.7. The van der Waals surface area contributed by atoms with Crippen molar-refractivity contribution in [3.05, 3.63) is 35.7 Å². The number of methoxy groups -OCH3 is 1. The summed E-state index contributed by atoms with van der Waals surface area (Å²) in [4.78, 5) is -0.639. The number of aromatic nitrogens is 3. The molecule has 1 aromatic heterocycles. The van der Waals surface area contributed by atoms with Gasteiger partial charge in [-0.15, -0.1) is 5.10 Å². The molecule has 0 aliphatic carbocycles. The summed E-state index contributed by atoms with van der Waals surface area (Å²) in [6.45, 7) is 3.81. The molecule has 0 fully saturated rings. The lowest BCUT2D eigenvalue weighted by Gasteiger charge is -2.15. The van der Waals surface area contributed by atoms with E-state index in [0.29, 0.717) is 18.4 Å². The molecule has 0 spiro atoms. The Kier molecular flexibility index (Phi) is 4.95. The highest BCUT2D eigenvalue weighted by Gasteiger charge is 2.25. The first kappa shape index (κ1) is 17.3. The van der Waals surface area contributed by atoms with Crippen LogP contribution in [-0.4, -0.2) is 30.3 Å². The number of rotatable bonds is 6. The fraction of sp³-hybridized carbons (Fsp3) is 0.385. The maximum Gasteiger partial charge on any atom is 0.316 e. The van der Waals surface area contributed by atoms with Crippen LogP contribution in [0.2, 0.25) is 0 Å². The van der Waals surface area contributed by atoms with Gasteiger partial charge in [-0.25, -0.2) is 21.9 Å². The third-order valence-corrected chi connectivity index (χ3v) is 4.72. The van der Waals surface area contributed by atoms with Crippen molar-refractivity contribution in [1.29, 1.82) is 0 Å². The summed E-state index contributed by atoms with van der Waals surface area (Å²) < 4.78 is 60.0. The average molecular weight is 346 g/mol. The first-order valence-electron chi connectivity index (χ1n) is 6.74. The van der Waals surface area contributed by atoms with Crippen LogP contribution in [0, 0.1) is 11.6 Å². The fourth-order valence-corrected chi connectivity index (χ4v) is 3.37. The summed E-state index contributed by atoms with van der Waals surface area (Å²) >= 11 is 0. The molecule has 1 aromatic carbocycles. The van der Waals surface area contributed by atoms with Crippen molar-refractivity contribution in [2.24, 2.45) is 0 Å². The molecule has 2 rings (SSSR count). The molecule has 0 aliphatic rings. The molecule has 0 saturated carbocycles. The van der Waals surface area contributed by atoms with E-state index in [9.17, 15) is 17.2 Å². The highest BCUT2D eigenvalue weighted by molar-refractivity contribution is 7.89. The second-order valence-corrected chi connectivity index (χ2v) is 6.39. The van der Waals surface area contributed by atoms with E-state index in [0.717, 1.165) is 12.1 Å².